The van der Waals surface area contributed by atoms with Crippen molar-refractivity contribution in [3.63, 3.8) is 0 Å². The van der Waals surface area contributed by atoms with E-state index in [1.165, 1.54) is 5.56 Å². The monoisotopic (exact) mass is 159 g/mol. The van der Waals surface area contributed by atoms with Gasteiger partial charge in [-0.3, -0.25) is 0 Å². The van der Waals surface area contributed by atoms with Gasteiger partial charge in [0.05, 0.1) is 4.34 Å². The molecule has 9 heavy (non-hydrogen) atoms. The predicted octanol–water partition coefficient (Wildman–Crippen LogP) is 3.17. The fourth-order valence-electron chi connectivity index (χ4n) is 0.681. The van der Waals surface area contributed by atoms with Crippen LogP contribution >= 0.6 is 22.9 Å². The van der Waals surface area contributed by atoms with Gasteiger partial charge in [-0.25, -0.2) is 0 Å². The second kappa shape index (κ2) is 3.23. The number of hydrogen-bond donors (Lipinski definition) is 0. The van der Waals surface area contributed by atoms with Crippen molar-refractivity contribution in [1.29, 1.82) is 0 Å². The van der Waals surface area contributed by atoms with E-state index in [2.05, 4.69) is 12.3 Å². The number of halogens is 1. The standard InChI is InChI=1S/C7H8ClS/c1-2-3-6-4-7(8)9-5-6/h4-5H,1-3H2. The molecule has 0 amide bonds. The van der Waals surface area contributed by atoms with Gasteiger partial charge in [-0.1, -0.05) is 18.5 Å². The van der Waals surface area contributed by atoms with E-state index in [1.807, 2.05) is 6.07 Å². The van der Waals surface area contributed by atoms with Gasteiger partial charge < -0.3 is 0 Å². The third kappa shape index (κ3) is 1.99. The highest BCUT2D eigenvalue weighted by Gasteiger charge is 1.93. The summed E-state index contributed by atoms with van der Waals surface area (Å²) < 4.78 is 0.874. The maximum absolute atomic E-state index is 5.69. The highest BCUT2D eigenvalue weighted by atomic mass is 35.5. The second-order valence-electron chi connectivity index (χ2n) is 1.86. The third-order valence-corrected chi connectivity index (χ3v) is 2.23. The summed E-state index contributed by atoms with van der Waals surface area (Å²) in [7, 11) is 0. The zero-order valence-electron chi connectivity index (χ0n) is 5.06. The Morgan fingerprint density at radius 2 is 2.44 bits per heavy atom. The molecule has 1 radical (unpaired) electrons. The number of aryl methyl sites for hydroxylation is 1. The summed E-state index contributed by atoms with van der Waals surface area (Å²) in [6.07, 6.45) is 2.00. The Morgan fingerprint density at radius 3 is 2.89 bits per heavy atom. The highest BCUT2D eigenvalue weighted by molar-refractivity contribution is 7.14. The van der Waals surface area contributed by atoms with E-state index in [1.54, 1.807) is 11.3 Å². The minimum absolute atomic E-state index is 0.874. The molecule has 0 aromatic carbocycles. The first-order valence-corrected chi connectivity index (χ1v) is 4.11. The average molecular weight is 160 g/mol. The van der Waals surface area contributed by atoms with Crippen molar-refractivity contribution in [2.75, 3.05) is 0 Å². The molecule has 0 nitrogen and oxygen atoms in total. The van der Waals surface area contributed by atoms with E-state index < -0.39 is 0 Å². The van der Waals surface area contributed by atoms with Crippen LogP contribution in [0.15, 0.2) is 11.4 Å². The highest BCUT2D eigenvalue weighted by Crippen LogP contribution is 2.20. The molecule has 0 bridgehead atoms. The van der Waals surface area contributed by atoms with Crippen LogP contribution in [0.25, 0.3) is 0 Å². The number of thiophene rings is 1. The van der Waals surface area contributed by atoms with Crippen LogP contribution < -0.4 is 0 Å². The Hall–Kier alpha value is -0.0100. The van der Waals surface area contributed by atoms with Gasteiger partial charge in [0.2, 0.25) is 0 Å². The van der Waals surface area contributed by atoms with Crippen LogP contribution in [0.4, 0.5) is 0 Å². The van der Waals surface area contributed by atoms with Crippen LogP contribution in [0.2, 0.25) is 4.34 Å². The lowest BCUT2D eigenvalue weighted by Crippen LogP contribution is -1.74. The van der Waals surface area contributed by atoms with Crippen LogP contribution in [-0.4, -0.2) is 0 Å². The molecule has 49 valence electrons. The molecule has 0 spiro atoms. The first-order chi connectivity index (χ1) is 4.33. The molecule has 0 unspecified atom stereocenters. The predicted molar refractivity (Wildman–Crippen MR) is 43.0 cm³/mol. The van der Waals surface area contributed by atoms with Crippen molar-refractivity contribution in [2.24, 2.45) is 0 Å². The molecule has 1 aromatic rings. The minimum atomic E-state index is 0.874. The molecule has 0 atom stereocenters. The third-order valence-electron chi connectivity index (χ3n) is 1.09. The lowest BCUT2D eigenvalue weighted by atomic mass is 10.2. The Bertz CT molecular complexity index is 181. The van der Waals surface area contributed by atoms with Crippen molar-refractivity contribution in [3.8, 4) is 0 Å². The van der Waals surface area contributed by atoms with Gasteiger partial charge in [0.25, 0.3) is 0 Å². The lowest BCUT2D eigenvalue weighted by Gasteiger charge is -1.86. The summed E-state index contributed by atoms with van der Waals surface area (Å²) in [6, 6.07) is 2.00. The zero-order chi connectivity index (χ0) is 6.69. The molecule has 0 aliphatic heterocycles. The van der Waals surface area contributed by atoms with E-state index in [0.29, 0.717) is 0 Å². The van der Waals surface area contributed by atoms with Gasteiger partial charge in [0, 0.05) is 0 Å². The second-order valence-corrected chi connectivity index (χ2v) is 3.41. The molecule has 1 aromatic heterocycles. The largest absolute Gasteiger partial charge is 0.132 e. The van der Waals surface area contributed by atoms with Crippen LogP contribution in [0.1, 0.15) is 12.0 Å². The summed E-state index contributed by atoms with van der Waals surface area (Å²) in [4.78, 5) is 0. The van der Waals surface area contributed by atoms with Crippen molar-refractivity contribution < 1.29 is 0 Å². The van der Waals surface area contributed by atoms with E-state index in [0.717, 1.165) is 17.2 Å². The molecule has 0 saturated carbocycles. The van der Waals surface area contributed by atoms with Gasteiger partial charge in [0.15, 0.2) is 0 Å². The van der Waals surface area contributed by atoms with Crippen LogP contribution in [0, 0.1) is 6.92 Å². The molecular weight excluding hydrogens is 152 g/mol. The molecule has 0 saturated heterocycles. The van der Waals surface area contributed by atoms with E-state index >= 15 is 0 Å². The Balaban J connectivity index is 2.61. The van der Waals surface area contributed by atoms with Gasteiger partial charge in [-0.2, -0.15) is 0 Å². The summed E-state index contributed by atoms with van der Waals surface area (Å²) in [6.45, 7) is 3.75. The molecule has 1 heterocycles. The SMILES string of the molecule is [CH2]CCc1csc(Cl)c1. The molecular formula is C7H8ClS. The van der Waals surface area contributed by atoms with Gasteiger partial charge >= 0.3 is 0 Å². The Kier molecular flexibility index (Phi) is 2.55. The maximum Gasteiger partial charge on any atom is 0.0931 e. The maximum atomic E-state index is 5.69. The van der Waals surface area contributed by atoms with Crippen LogP contribution in [0.3, 0.4) is 0 Å². The van der Waals surface area contributed by atoms with Crippen molar-refractivity contribution in [2.45, 2.75) is 12.8 Å². The molecule has 0 aliphatic rings. The van der Waals surface area contributed by atoms with Crippen LogP contribution in [0.5, 0.6) is 0 Å². The van der Waals surface area contributed by atoms with Crippen molar-refractivity contribution in [1.82, 2.24) is 0 Å². The fraction of sp³-hybridized carbons (Fsp3) is 0.286. The van der Waals surface area contributed by atoms with Gasteiger partial charge in [-0.05, 0) is 29.9 Å². The average Bonchev–Trinajstić information content (AvgIpc) is 2.17. The molecule has 1 rings (SSSR count). The van der Waals surface area contributed by atoms with Crippen molar-refractivity contribution in [3.05, 3.63) is 28.3 Å². The summed E-state index contributed by atoms with van der Waals surface area (Å²) in [5.74, 6) is 0. The minimum Gasteiger partial charge on any atom is -0.132 e. The zero-order valence-corrected chi connectivity index (χ0v) is 6.63. The summed E-state index contributed by atoms with van der Waals surface area (Å²) in [5.41, 5.74) is 1.31. The number of rotatable bonds is 2. The van der Waals surface area contributed by atoms with Gasteiger partial charge in [0.1, 0.15) is 0 Å². The Labute approximate surface area is 64.5 Å². The van der Waals surface area contributed by atoms with E-state index in [4.69, 9.17) is 11.6 Å². The van der Waals surface area contributed by atoms with Crippen molar-refractivity contribution >= 4 is 22.9 Å². The topological polar surface area (TPSA) is 0 Å². The van der Waals surface area contributed by atoms with E-state index in [9.17, 15) is 0 Å². The molecule has 0 fully saturated rings. The summed E-state index contributed by atoms with van der Waals surface area (Å²) in [5, 5.41) is 2.08. The smallest absolute Gasteiger partial charge is 0.0931 e. The quantitative estimate of drug-likeness (QED) is 0.622. The normalized spacial score (nSPS) is 10.0. The van der Waals surface area contributed by atoms with Crippen LogP contribution in [-0.2, 0) is 6.42 Å². The Morgan fingerprint density at radius 1 is 1.67 bits per heavy atom. The lowest BCUT2D eigenvalue weighted by molar-refractivity contribution is 1.01. The molecule has 2 heteroatoms. The summed E-state index contributed by atoms with van der Waals surface area (Å²) >= 11 is 7.28. The van der Waals surface area contributed by atoms with E-state index in [-0.39, 0.29) is 0 Å². The fourth-order valence-corrected chi connectivity index (χ4v) is 1.62. The first kappa shape index (κ1) is 7.10. The molecule has 0 N–H and O–H groups in total. The van der Waals surface area contributed by atoms with Gasteiger partial charge in [-0.15, -0.1) is 11.3 Å². The number of hydrogen-bond acceptors (Lipinski definition) is 1. The molecule has 0 aliphatic carbocycles. The first-order valence-electron chi connectivity index (χ1n) is 2.85.